The van der Waals surface area contributed by atoms with Crippen LogP contribution in [0.25, 0.3) is 10.2 Å². The molecule has 0 aliphatic carbocycles. The van der Waals surface area contributed by atoms with Crippen LogP contribution in [0.2, 0.25) is 0 Å². The van der Waals surface area contributed by atoms with Crippen LogP contribution in [-0.2, 0) is 6.54 Å². The molecule has 0 saturated carbocycles. The highest BCUT2D eigenvalue weighted by Crippen LogP contribution is 2.33. The van der Waals surface area contributed by atoms with Crippen molar-refractivity contribution in [1.29, 1.82) is 0 Å². The van der Waals surface area contributed by atoms with Crippen molar-refractivity contribution in [3.63, 3.8) is 0 Å². The summed E-state index contributed by atoms with van der Waals surface area (Å²) in [7, 11) is 0. The molecule has 134 valence electrons. The highest BCUT2D eigenvalue weighted by atomic mass is 32.1. The summed E-state index contributed by atoms with van der Waals surface area (Å²) in [5.74, 6) is -0.208. The van der Waals surface area contributed by atoms with E-state index in [0.29, 0.717) is 17.4 Å². The van der Waals surface area contributed by atoms with Crippen molar-refractivity contribution < 1.29 is 4.79 Å². The maximum Gasteiger partial charge on any atom is 0.280 e. The molecular weight excluding hydrogens is 356 g/mol. The first-order chi connectivity index (χ1) is 13.1. The second kappa shape index (κ2) is 7.25. The standard InChI is InChI=1S/C21H18N4OS/c1-14-10-15(2)19-18(11-14)27-21(24-19)25(13-16-6-4-3-5-7-16)20(26)17-12-22-8-9-23-17/h3-12H,13H2,1-2H3. The lowest BCUT2D eigenvalue weighted by Crippen LogP contribution is -2.31. The van der Waals surface area contributed by atoms with Crippen molar-refractivity contribution in [3.8, 4) is 0 Å². The van der Waals surface area contributed by atoms with Crippen molar-refractivity contribution in [2.45, 2.75) is 20.4 Å². The van der Waals surface area contributed by atoms with Gasteiger partial charge in [-0.25, -0.2) is 9.97 Å². The van der Waals surface area contributed by atoms with E-state index < -0.39 is 0 Å². The Morgan fingerprint density at radius 2 is 1.93 bits per heavy atom. The molecule has 0 aliphatic heterocycles. The first-order valence-electron chi connectivity index (χ1n) is 8.61. The fourth-order valence-electron chi connectivity index (χ4n) is 3.01. The molecule has 2 aromatic heterocycles. The van der Waals surface area contributed by atoms with Gasteiger partial charge in [0.1, 0.15) is 5.69 Å². The number of carbonyl (C=O) groups excluding carboxylic acids is 1. The van der Waals surface area contributed by atoms with Gasteiger partial charge in [0.25, 0.3) is 5.91 Å². The fourth-order valence-corrected chi connectivity index (χ4v) is 4.15. The van der Waals surface area contributed by atoms with Crippen LogP contribution >= 0.6 is 11.3 Å². The molecule has 0 radical (unpaired) electrons. The normalized spacial score (nSPS) is 10.9. The summed E-state index contributed by atoms with van der Waals surface area (Å²) in [5.41, 5.74) is 4.57. The van der Waals surface area contributed by atoms with Crippen molar-refractivity contribution >= 4 is 32.6 Å². The Hall–Kier alpha value is -3.12. The van der Waals surface area contributed by atoms with E-state index >= 15 is 0 Å². The van der Waals surface area contributed by atoms with Crippen molar-refractivity contribution in [2.24, 2.45) is 0 Å². The van der Waals surface area contributed by atoms with Gasteiger partial charge in [-0.15, -0.1) is 0 Å². The molecule has 27 heavy (non-hydrogen) atoms. The van der Waals surface area contributed by atoms with E-state index in [1.54, 1.807) is 11.1 Å². The number of aryl methyl sites for hydroxylation is 2. The second-order valence-electron chi connectivity index (χ2n) is 6.39. The molecule has 0 bridgehead atoms. The lowest BCUT2D eigenvalue weighted by molar-refractivity contribution is 0.0980. The number of hydrogen-bond donors (Lipinski definition) is 0. The van der Waals surface area contributed by atoms with Crippen molar-refractivity contribution in [3.05, 3.63) is 83.4 Å². The number of amides is 1. The zero-order valence-corrected chi connectivity index (χ0v) is 15.9. The van der Waals surface area contributed by atoms with Crippen LogP contribution in [0.15, 0.2) is 61.1 Å². The molecule has 0 N–H and O–H groups in total. The molecule has 0 atom stereocenters. The van der Waals surface area contributed by atoms with Gasteiger partial charge in [0, 0.05) is 12.4 Å². The summed E-state index contributed by atoms with van der Waals surface area (Å²) < 4.78 is 1.08. The number of fused-ring (bicyclic) bond motifs is 1. The van der Waals surface area contributed by atoms with Crippen LogP contribution in [0.5, 0.6) is 0 Å². The van der Waals surface area contributed by atoms with Gasteiger partial charge in [-0.05, 0) is 36.6 Å². The van der Waals surface area contributed by atoms with Crippen molar-refractivity contribution in [1.82, 2.24) is 15.0 Å². The number of rotatable bonds is 4. The zero-order valence-electron chi connectivity index (χ0n) is 15.1. The van der Waals surface area contributed by atoms with Gasteiger partial charge in [0.15, 0.2) is 5.13 Å². The predicted octanol–water partition coefficient (Wildman–Crippen LogP) is 4.55. The molecule has 0 saturated heterocycles. The minimum Gasteiger partial charge on any atom is -0.278 e. The van der Waals surface area contributed by atoms with Crippen LogP contribution in [0.4, 0.5) is 5.13 Å². The number of anilines is 1. The Morgan fingerprint density at radius 3 is 2.67 bits per heavy atom. The Balaban J connectivity index is 1.80. The summed E-state index contributed by atoms with van der Waals surface area (Å²) in [4.78, 5) is 27.8. The average molecular weight is 374 g/mol. The molecule has 6 heteroatoms. The molecule has 1 amide bonds. The zero-order chi connectivity index (χ0) is 18.8. The van der Waals surface area contributed by atoms with E-state index in [2.05, 4.69) is 29.0 Å². The molecule has 0 aliphatic rings. The van der Waals surface area contributed by atoms with Gasteiger partial charge < -0.3 is 0 Å². The minimum atomic E-state index is -0.208. The van der Waals surface area contributed by atoms with Crippen LogP contribution in [-0.4, -0.2) is 20.9 Å². The lowest BCUT2D eigenvalue weighted by Gasteiger charge is -2.19. The monoisotopic (exact) mass is 374 g/mol. The quantitative estimate of drug-likeness (QED) is 0.526. The third kappa shape index (κ3) is 3.57. The molecule has 0 fully saturated rings. The molecule has 5 nitrogen and oxygen atoms in total. The molecular formula is C21H18N4OS. The van der Waals surface area contributed by atoms with Gasteiger partial charge in [-0.3, -0.25) is 14.7 Å². The van der Waals surface area contributed by atoms with Gasteiger partial charge in [-0.1, -0.05) is 47.7 Å². The Bertz CT molecular complexity index is 1090. The predicted molar refractivity (Wildman–Crippen MR) is 108 cm³/mol. The largest absolute Gasteiger partial charge is 0.280 e. The summed E-state index contributed by atoms with van der Waals surface area (Å²) in [6.45, 7) is 4.54. The average Bonchev–Trinajstić information content (AvgIpc) is 3.11. The van der Waals surface area contributed by atoms with Gasteiger partial charge in [-0.2, -0.15) is 0 Å². The highest BCUT2D eigenvalue weighted by Gasteiger charge is 2.23. The topological polar surface area (TPSA) is 59.0 Å². The molecule has 0 unspecified atom stereocenters. The molecule has 0 spiro atoms. The first-order valence-corrected chi connectivity index (χ1v) is 9.43. The number of aromatic nitrogens is 3. The van der Waals surface area contributed by atoms with E-state index in [1.165, 1.54) is 29.3 Å². The summed E-state index contributed by atoms with van der Waals surface area (Å²) in [6, 6.07) is 14.1. The number of thiazole rings is 1. The first kappa shape index (κ1) is 17.3. The van der Waals surface area contributed by atoms with Crippen molar-refractivity contribution in [2.75, 3.05) is 4.90 Å². The third-order valence-electron chi connectivity index (χ3n) is 4.26. The van der Waals surface area contributed by atoms with Crippen LogP contribution < -0.4 is 4.90 Å². The van der Waals surface area contributed by atoms with Gasteiger partial charge >= 0.3 is 0 Å². The van der Waals surface area contributed by atoms with Crippen LogP contribution in [0, 0.1) is 13.8 Å². The maximum absolute atomic E-state index is 13.2. The van der Waals surface area contributed by atoms with Crippen LogP contribution in [0.1, 0.15) is 27.2 Å². The molecule has 4 aromatic rings. The Morgan fingerprint density at radius 1 is 1.11 bits per heavy atom. The summed E-state index contributed by atoms with van der Waals surface area (Å²) in [6.07, 6.45) is 4.57. The number of benzene rings is 2. The number of hydrogen-bond acceptors (Lipinski definition) is 5. The van der Waals surface area contributed by atoms with E-state index in [9.17, 15) is 4.79 Å². The second-order valence-corrected chi connectivity index (χ2v) is 7.40. The summed E-state index contributed by atoms with van der Waals surface area (Å²) in [5, 5.41) is 0.665. The maximum atomic E-state index is 13.2. The highest BCUT2D eigenvalue weighted by molar-refractivity contribution is 7.22. The number of nitrogens with zero attached hydrogens (tertiary/aromatic N) is 4. The number of carbonyl (C=O) groups is 1. The minimum absolute atomic E-state index is 0.208. The van der Waals surface area contributed by atoms with E-state index in [0.717, 1.165) is 21.3 Å². The lowest BCUT2D eigenvalue weighted by atomic mass is 10.1. The molecule has 2 heterocycles. The Kier molecular flexibility index (Phi) is 4.64. The van der Waals surface area contributed by atoms with Gasteiger partial charge in [0.05, 0.1) is 23.0 Å². The Labute approximate surface area is 161 Å². The third-order valence-corrected chi connectivity index (χ3v) is 5.29. The van der Waals surface area contributed by atoms with E-state index in [4.69, 9.17) is 4.98 Å². The molecule has 4 rings (SSSR count). The fraction of sp³-hybridized carbons (Fsp3) is 0.143. The molecule has 2 aromatic carbocycles. The van der Waals surface area contributed by atoms with E-state index in [1.807, 2.05) is 37.3 Å². The SMILES string of the molecule is Cc1cc(C)c2nc(N(Cc3ccccc3)C(=O)c3cnccn3)sc2c1. The smallest absolute Gasteiger partial charge is 0.278 e. The van der Waals surface area contributed by atoms with E-state index in [-0.39, 0.29) is 5.91 Å². The van der Waals surface area contributed by atoms with Gasteiger partial charge in [0.2, 0.25) is 0 Å². The van der Waals surface area contributed by atoms with Crippen LogP contribution in [0.3, 0.4) is 0 Å². The summed E-state index contributed by atoms with van der Waals surface area (Å²) >= 11 is 1.52.